The lowest BCUT2D eigenvalue weighted by atomic mass is 9.99. The van der Waals surface area contributed by atoms with E-state index in [-0.39, 0.29) is 34.1 Å². The fourth-order valence-corrected chi connectivity index (χ4v) is 6.65. The van der Waals surface area contributed by atoms with Crippen LogP contribution in [-0.2, 0) is 0 Å². The molecular formula is C45H28N4O. The van der Waals surface area contributed by atoms with Gasteiger partial charge in [-0.25, -0.2) is 15.0 Å². The van der Waals surface area contributed by atoms with Crippen LogP contribution in [0.15, 0.2) is 174 Å². The van der Waals surface area contributed by atoms with Crippen LogP contribution in [0, 0.1) is 0 Å². The van der Waals surface area contributed by atoms with Gasteiger partial charge < -0.3 is 8.98 Å². The molecular weight excluding hydrogens is 613 g/mol. The maximum atomic E-state index is 9.08. The summed E-state index contributed by atoms with van der Waals surface area (Å²) in [5.41, 5.74) is 4.89. The van der Waals surface area contributed by atoms with Crippen molar-refractivity contribution in [1.29, 1.82) is 0 Å². The Hall–Kier alpha value is -6.85. The van der Waals surface area contributed by atoms with Crippen molar-refractivity contribution in [1.82, 2.24) is 19.5 Å². The predicted octanol–water partition coefficient (Wildman–Crippen LogP) is 11.5. The molecule has 0 spiro atoms. The highest BCUT2D eigenvalue weighted by Crippen LogP contribution is 2.39. The second-order valence-corrected chi connectivity index (χ2v) is 11.8. The number of furan rings is 1. The standard InChI is InChI=1S/C45H28N4O/c1-3-13-29(14-4-1)33-19-12-23-39-41(33)36-18-7-9-22-38(36)49(39)32-27-25-31(26-28-32)44-46-43(30-15-5-2-6-16-30)47-45(48-44)37-21-11-20-35-34-17-8-10-24-40(34)50-42(35)37/h1-28H/i1D,3D,4D,7D,9D,13D,14D,18D,22D. The van der Waals surface area contributed by atoms with Gasteiger partial charge >= 0.3 is 0 Å². The van der Waals surface area contributed by atoms with Gasteiger partial charge in [0.1, 0.15) is 11.2 Å². The molecule has 3 heterocycles. The Morgan fingerprint density at radius 3 is 1.96 bits per heavy atom. The summed E-state index contributed by atoms with van der Waals surface area (Å²) in [6.07, 6.45) is 0. The van der Waals surface area contributed by atoms with Crippen molar-refractivity contribution in [3.8, 4) is 51.0 Å². The molecule has 3 aromatic heterocycles. The van der Waals surface area contributed by atoms with E-state index in [9.17, 15) is 0 Å². The van der Waals surface area contributed by atoms with E-state index in [0.29, 0.717) is 50.8 Å². The Morgan fingerprint density at radius 2 is 1.12 bits per heavy atom. The summed E-state index contributed by atoms with van der Waals surface area (Å²) in [7, 11) is 0. The molecule has 10 rings (SSSR count). The molecule has 0 unspecified atom stereocenters. The smallest absolute Gasteiger partial charge is 0.167 e. The summed E-state index contributed by atoms with van der Waals surface area (Å²) >= 11 is 0. The molecule has 0 bridgehead atoms. The third-order valence-corrected chi connectivity index (χ3v) is 8.89. The third-order valence-electron chi connectivity index (χ3n) is 8.89. The van der Waals surface area contributed by atoms with Crippen LogP contribution in [0.2, 0.25) is 0 Å². The van der Waals surface area contributed by atoms with E-state index in [1.54, 1.807) is 34.9 Å². The first-order chi connectivity index (χ1) is 28.5. The number of aromatic nitrogens is 4. The van der Waals surface area contributed by atoms with E-state index in [1.807, 2.05) is 84.9 Å². The zero-order valence-electron chi connectivity index (χ0n) is 35.2. The van der Waals surface area contributed by atoms with Crippen molar-refractivity contribution in [3.05, 3.63) is 170 Å². The van der Waals surface area contributed by atoms with Crippen LogP contribution in [0.5, 0.6) is 0 Å². The van der Waals surface area contributed by atoms with Crippen molar-refractivity contribution in [2.24, 2.45) is 0 Å². The number of nitrogens with zero attached hydrogens (tertiary/aromatic N) is 4. The van der Waals surface area contributed by atoms with Crippen LogP contribution >= 0.6 is 0 Å². The van der Waals surface area contributed by atoms with Crippen molar-refractivity contribution in [2.45, 2.75) is 0 Å². The van der Waals surface area contributed by atoms with Gasteiger partial charge in [0.05, 0.1) is 28.9 Å². The largest absolute Gasteiger partial charge is 0.455 e. The number of para-hydroxylation sites is 3. The van der Waals surface area contributed by atoms with Crippen LogP contribution in [0.25, 0.3) is 94.7 Å². The Bertz CT molecular complexity index is 3350. The molecule has 10 aromatic rings. The first kappa shape index (κ1) is 20.5. The SMILES string of the molecule is [2H]c1c([2H])c([2H])c(-c2cccc3c2c2c([2H])c([2H])c([2H])c([2H])c2n3-c2ccc(-c3nc(-c4ccccc4)nc(-c4cccc5c4oc4ccccc45)n3)cc2)c([2H])c1[2H]. The normalized spacial score (nSPS) is 14.1. The number of benzene rings is 7. The molecule has 50 heavy (non-hydrogen) atoms. The topological polar surface area (TPSA) is 56.7 Å². The molecule has 0 aliphatic carbocycles. The first-order valence-electron chi connectivity index (χ1n) is 20.5. The highest BCUT2D eigenvalue weighted by atomic mass is 16.3. The lowest BCUT2D eigenvalue weighted by Crippen LogP contribution is -2.00. The van der Waals surface area contributed by atoms with Gasteiger partial charge in [-0.1, -0.05) is 121 Å². The van der Waals surface area contributed by atoms with Gasteiger partial charge in [-0.2, -0.15) is 0 Å². The van der Waals surface area contributed by atoms with Crippen molar-refractivity contribution < 1.29 is 16.8 Å². The van der Waals surface area contributed by atoms with Gasteiger partial charge in [-0.3, -0.25) is 0 Å². The van der Waals surface area contributed by atoms with Crippen molar-refractivity contribution in [3.63, 3.8) is 0 Å². The van der Waals surface area contributed by atoms with Gasteiger partial charge in [0.2, 0.25) is 0 Å². The average molecular weight is 650 g/mol. The zero-order chi connectivity index (χ0) is 40.9. The average Bonchev–Trinajstić information content (AvgIpc) is 3.83. The second-order valence-electron chi connectivity index (χ2n) is 11.8. The van der Waals surface area contributed by atoms with Gasteiger partial charge in [0, 0.05) is 38.4 Å². The molecule has 0 radical (unpaired) electrons. The summed E-state index contributed by atoms with van der Waals surface area (Å²) in [6.45, 7) is 0. The van der Waals surface area contributed by atoms with Crippen molar-refractivity contribution >= 4 is 43.7 Å². The summed E-state index contributed by atoms with van der Waals surface area (Å²) in [6, 6.07) is 31.7. The van der Waals surface area contributed by atoms with Gasteiger partial charge in [-0.15, -0.1) is 0 Å². The summed E-state index contributed by atoms with van der Waals surface area (Å²) in [5.74, 6) is 1.27. The Labute approximate surface area is 300 Å². The molecule has 0 saturated heterocycles. The molecule has 0 aliphatic rings. The molecule has 0 amide bonds. The molecule has 0 aliphatic heterocycles. The first-order valence-corrected chi connectivity index (χ1v) is 16.0. The molecule has 0 saturated carbocycles. The number of rotatable bonds is 5. The van der Waals surface area contributed by atoms with Crippen LogP contribution in [0.4, 0.5) is 0 Å². The van der Waals surface area contributed by atoms with Crippen molar-refractivity contribution in [2.75, 3.05) is 0 Å². The second kappa shape index (κ2) is 11.4. The Kier molecular flexibility index (Phi) is 4.67. The lowest BCUT2D eigenvalue weighted by molar-refractivity contribution is 0.669. The van der Waals surface area contributed by atoms with Crippen LogP contribution in [0.1, 0.15) is 12.3 Å². The molecule has 5 nitrogen and oxygen atoms in total. The fraction of sp³-hybridized carbons (Fsp3) is 0. The van der Waals surface area contributed by atoms with Gasteiger partial charge in [0.15, 0.2) is 17.5 Å². The van der Waals surface area contributed by atoms with Crippen LogP contribution in [0.3, 0.4) is 0 Å². The van der Waals surface area contributed by atoms with E-state index in [2.05, 4.69) is 0 Å². The van der Waals surface area contributed by atoms with E-state index >= 15 is 0 Å². The maximum absolute atomic E-state index is 9.08. The zero-order valence-corrected chi connectivity index (χ0v) is 26.2. The number of fused-ring (bicyclic) bond motifs is 6. The van der Waals surface area contributed by atoms with Crippen LogP contribution in [-0.4, -0.2) is 19.5 Å². The monoisotopic (exact) mass is 649 g/mol. The third kappa shape index (κ3) is 4.52. The van der Waals surface area contributed by atoms with Gasteiger partial charge in [-0.05, 0) is 59.6 Å². The quantitative estimate of drug-likeness (QED) is 0.186. The fourth-order valence-electron chi connectivity index (χ4n) is 6.65. The van der Waals surface area contributed by atoms with E-state index in [1.165, 1.54) is 0 Å². The van der Waals surface area contributed by atoms with E-state index < -0.39 is 42.3 Å². The summed E-state index contributed by atoms with van der Waals surface area (Å²) in [4.78, 5) is 14.8. The Balaban J connectivity index is 1.19. The molecule has 0 N–H and O–H groups in total. The minimum Gasteiger partial charge on any atom is -0.455 e. The predicted molar refractivity (Wildman–Crippen MR) is 203 cm³/mol. The maximum Gasteiger partial charge on any atom is 0.167 e. The van der Waals surface area contributed by atoms with E-state index in [4.69, 9.17) is 31.7 Å². The lowest BCUT2D eigenvalue weighted by Gasteiger charge is -2.11. The number of hydrogen-bond donors (Lipinski definition) is 0. The molecule has 0 atom stereocenters. The minimum absolute atomic E-state index is 0.0680. The minimum atomic E-state index is -0.534. The molecule has 7 aromatic carbocycles. The molecule has 234 valence electrons. The van der Waals surface area contributed by atoms with E-state index in [0.717, 1.165) is 21.9 Å². The number of hydrogen-bond acceptors (Lipinski definition) is 4. The van der Waals surface area contributed by atoms with Crippen LogP contribution < -0.4 is 0 Å². The highest BCUT2D eigenvalue weighted by molar-refractivity contribution is 6.15. The summed E-state index contributed by atoms with van der Waals surface area (Å²) < 4.78 is 85.8. The Morgan fingerprint density at radius 1 is 0.460 bits per heavy atom. The molecule has 0 fully saturated rings. The highest BCUT2D eigenvalue weighted by Gasteiger charge is 2.19. The summed E-state index contributed by atoms with van der Waals surface area (Å²) in [5, 5.41) is 2.40. The van der Waals surface area contributed by atoms with Gasteiger partial charge in [0.25, 0.3) is 0 Å². The molecule has 5 heteroatoms.